The Balaban J connectivity index is 1.42. The second kappa shape index (κ2) is 13.2. The Bertz CT molecular complexity index is 1550. The quantitative estimate of drug-likeness (QED) is 0.192. The van der Waals surface area contributed by atoms with Gasteiger partial charge in [0.2, 0.25) is 18.6 Å². The van der Waals surface area contributed by atoms with E-state index in [-0.39, 0.29) is 36.4 Å². The molecule has 2 aliphatic heterocycles. The van der Waals surface area contributed by atoms with Gasteiger partial charge in [0.15, 0.2) is 17.7 Å². The van der Waals surface area contributed by atoms with Crippen molar-refractivity contribution >= 4 is 53.3 Å². The number of hydrogen-bond acceptors (Lipinski definition) is 10. The molecule has 15 heteroatoms. The number of benzene rings is 1. The van der Waals surface area contributed by atoms with Crippen molar-refractivity contribution in [2.75, 3.05) is 37.8 Å². The van der Waals surface area contributed by atoms with Crippen LogP contribution in [-0.2, 0) is 34.6 Å². The first-order chi connectivity index (χ1) is 20.8. The maximum atomic E-state index is 13.4. The number of nitrogens with zero attached hydrogens (tertiary/aromatic N) is 5. The summed E-state index contributed by atoms with van der Waals surface area (Å²) in [5, 5.41) is 9.21. The molecule has 1 unspecified atom stereocenters. The molecule has 0 aliphatic carbocycles. The van der Waals surface area contributed by atoms with Crippen LogP contribution < -0.4 is 5.32 Å². The number of halogens is 2. The number of anilines is 1. The molecule has 0 saturated carbocycles. The molecule has 1 N–H and O–H groups in total. The van der Waals surface area contributed by atoms with Gasteiger partial charge in [-0.25, -0.2) is 4.68 Å². The van der Waals surface area contributed by atoms with Crippen molar-refractivity contribution in [1.82, 2.24) is 24.6 Å². The van der Waals surface area contributed by atoms with E-state index in [2.05, 4.69) is 20.4 Å². The van der Waals surface area contributed by atoms with Crippen molar-refractivity contribution in [2.45, 2.75) is 71.5 Å². The lowest BCUT2D eigenvalue weighted by Crippen LogP contribution is -2.45. The molecular weight excluding hydrogens is 630 g/mol. The lowest BCUT2D eigenvalue weighted by atomic mass is 10.1. The molecule has 5 rings (SSSR count). The zero-order valence-corrected chi connectivity index (χ0v) is 28.1. The van der Waals surface area contributed by atoms with Gasteiger partial charge in [0, 0.05) is 31.3 Å². The largest absolute Gasteiger partial charge is 0.365 e. The standard InChI is InChI=1S/C29H39Cl2N6O6P/c1-7-40-44(6,39)16-22(38)36(14-17(2)3)15-21-23-24(43-29(4,5)42-23)27(41-21)37-26-19(13-33-37)25(34-28(31)35-26)32-12-18-10-8-9-11-20(18)30/h8-11,13,17,21,23-24,27H,7,12,14-16H2,1-6H3,(H,32,34,35)/t21-,23-,24-,27-,44?/m1/s1. The summed E-state index contributed by atoms with van der Waals surface area (Å²) < 4.78 is 39.0. The molecule has 0 bridgehead atoms. The third kappa shape index (κ3) is 7.39. The molecule has 3 aromatic rings. The summed E-state index contributed by atoms with van der Waals surface area (Å²) in [5.74, 6) is -0.502. The van der Waals surface area contributed by atoms with E-state index in [9.17, 15) is 9.36 Å². The molecule has 1 amide bonds. The predicted molar refractivity (Wildman–Crippen MR) is 168 cm³/mol. The van der Waals surface area contributed by atoms with Gasteiger partial charge in [0.05, 0.1) is 18.2 Å². The van der Waals surface area contributed by atoms with E-state index >= 15 is 0 Å². The molecule has 2 saturated heterocycles. The summed E-state index contributed by atoms with van der Waals surface area (Å²) in [7, 11) is -3.09. The van der Waals surface area contributed by atoms with Crippen LogP contribution in [0.1, 0.15) is 46.4 Å². The maximum Gasteiger partial charge on any atom is 0.232 e. The fraction of sp³-hybridized carbons (Fsp3) is 0.586. The first kappa shape index (κ1) is 33.1. The Morgan fingerprint density at radius 1 is 1.20 bits per heavy atom. The number of fused-ring (bicyclic) bond motifs is 2. The van der Waals surface area contributed by atoms with Gasteiger partial charge in [-0.15, -0.1) is 0 Å². The normalized spacial score (nSPS) is 24.0. The van der Waals surface area contributed by atoms with Gasteiger partial charge in [0.1, 0.15) is 30.3 Å². The number of amides is 1. The maximum absolute atomic E-state index is 13.4. The first-order valence-corrected chi connectivity index (χ1v) is 17.7. The first-order valence-electron chi connectivity index (χ1n) is 14.6. The Morgan fingerprint density at radius 2 is 1.93 bits per heavy atom. The third-order valence-corrected chi connectivity index (χ3v) is 9.55. The molecule has 0 radical (unpaired) electrons. The van der Waals surface area contributed by atoms with E-state index < -0.39 is 37.7 Å². The molecule has 1 aromatic carbocycles. The lowest BCUT2D eigenvalue weighted by Gasteiger charge is -2.30. The topological polar surface area (TPSA) is 130 Å². The molecular formula is C29H39Cl2N6O6P. The molecule has 2 aliphatic rings. The van der Waals surface area contributed by atoms with Crippen molar-refractivity contribution in [1.29, 1.82) is 0 Å². The van der Waals surface area contributed by atoms with Gasteiger partial charge in [0.25, 0.3) is 0 Å². The van der Waals surface area contributed by atoms with Gasteiger partial charge in [-0.3, -0.25) is 9.36 Å². The molecule has 4 heterocycles. The average Bonchev–Trinajstić information content (AvgIpc) is 3.58. The van der Waals surface area contributed by atoms with E-state index in [1.807, 2.05) is 52.0 Å². The highest BCUT2D eigenvalue weighted by molar-refractivity contribution is 7.59. The van der Waals surface area contributed by atoms with Gasteiger partial charge in [-0.2, -0.15) is 15.1 Å². The van der Waals surface area contributed by atoms with Crippen LogP contribution in [0.5, 0.6) is 0 Å². The fourth-order valence-corrected chi connectivity index (χ4v) is 7.34. The third-order valence-electron chi connectivity index (χ3n) is 7.36. The van der Waals surface area contributed by atoms with E-state index in [0.29, 0.717) is 35.0 Å². The fourth-order valence-electron chi connectivity index (χ4n) is 5.64. The number of ether oxygens (including phenoxy) is 3. The number of carbonyl (C=O) groups excluding carboxylic acids is 1. The molecule has 44 heavy (non-hydrogen) atoms. The minimum Gasteiger partial charge on any atom is -0.365 e. The highest BCUT2D eigenvalue weighted by Gasteiger charge is 2.57. The molecule has 240 valence electrons. The average molecular weight is 670 g/mol. The van der Waals surface area contributed by atoms with E-state index in [1.165, 1.54) is 6.66 Å². The lowest BCUT2D eigenvalue weighted by molar-refractivity contribution is -0.199. The van der Waals surface area contributed by atoms with Crippen molar-refractivity contribution in [3.63, 3.8) is 0 Å². The summed E-state index contributed by atoms with van der Waals surface area (Å²) in [4.78, 5) is 23.9. The molecule has 12 nitrogen and oxygen atoms in total. The minimum atomic E-state index is -3.09. The Kier molecular flexibility index (Phi) is 9.92. The summed E-state index contributed by atoms with van der Waals surface area (Å²) in [6, 6.07) is 7.53. The second-order valence-corrected chi connectivity index (χ2v) is 15.4. The molecule has 5 atom stereocenters. The van der Waals surface area contributed by atoms with Crippen molar-refractivity contribution in [2.24, 2.45) is 5.92 Å². The Labute approximate surface area is 267 Å². The minimum absolute atomic E-state index is 0.0305. The number of carbonyl (C=O) groups is 1. The molecule has 2 fully saturated rings. The Hall–Kier alpha value is -2.31. The van der Waals surface area contributed by atoms with Crippen molar-refractivity contribution < 1.29 is 28.1 Å². The van der Waals surface area contributed by atoms with Crippen LogP contribution in [0.15, 0.2) is 30.5 Å². The van der Waals surface area contributed by atoms with Gasteiger partial charge < -0.3 is 29.0 Å². The summed E-state index contributed by atoms with van der Waals surface area (Å²) in [6.07, 6.45) is -0.899. The van der Waals surface area contributed by atoms with Crippen LogP contribution in [0.4, 0.5) is 5.82 Å². The van der Waals surface area contributed by atoms with Gasteiger partial charge in [-0.05, 0) is 49.9 Å². The van der Waals surface area contributed by atoms with E-state index in [1.54, 1.807) is 22.7 Å². The Morgan fingerprint density at radius 3 is 2.64 bits per heavy atom. The van der Waals surface area contributed by atoms with Crippen LogP contribution in [-0.4, -0.2) is 87.2 Å². The van der Waals surface area contributed by atoms with E-state index in [4.69, 9.17) is 41.9 Å². The summed E-state index contributed by atoms with van der Waals surface area (Å²) in [6.45, 7) is 12.3. The van der Waals surface area contributed by atoms with Crippen LogP contribution >= 0.6 is 30.6 Å². The second-order valence-electron chi connectivity index (χ2n) is 12.0. The zero-order valence-electron chi connectivity index (χ0n) is 25.7. The van der Waals surface area contributed by atoms with Crippen LogP contribution in [0.2, 0.25) is 10.3 Å². The van der Waals surface area contributed by atoms with Crippen LogP contribution in [0.3, 0.4) is 0 Å². The highest BCUT2D eigenvalue weighted by Crippen LogP contribution is 2.45. The predicted octanol–water partition coefficient (Wildman–Crippen LogP) is 5.59. The molecule has 0 spiro atoms. The van der Waals surface area contributed by atoms with Gasteiger partial charge in [-0.1, -0.05) is 43.6 Å². The van der Waals surface area contributed by atoms with E-state index in [0.717, 1.165) is 5.56 Å². The summed E-state index contributed by atoms with van der Waals surface area (Å²) >= 11 is 12.7. The number of rotatable bonds is 12. The smallest absolute Gasteiger partial charge is 0.232 e. The monoisotopic (exact) mass is 668 g/mol. The number of aromatic nitrogens is 4. The van der Waals surface area contributed by atoms with Crippen LogP contribution in [0.25, 0.3) is 11.0 Å². The van der Waals surface area contributed by atoms with Gasteiger partial charge >= 0.3 is 0 Å². The number of nitrogens with one attached hydrogen (secondary N) is 1. The zero-order chi connectivity index (χ0) is 31.8. The van der Waals surface area contributed by atoms with Crippen molar-refractivity contribution in [3.05, 3.63) is 46.3 Å². The highest BCUT2D eigenvalue weighted by atomic mass is 35.5. The summed E-state index contributed by atoms with van der Waals surface area (Å²) in [5.41, 5.74) is 1.34. The van der Waals surface area contributed by atoms with Crippen LogP contribution in [0, 0.1) is 5.92 Å². The van der Waals surface area contributed by atoms with Crippen molar-refractivity contribution in [3.8, 4) is 0 Å². The number of hydrogen-bond donors (Lipinski definition) is 1. The SMILES string of the molecule is CCOP(C)(=O)CC(=O)N(CC(C)C)C[C@H]1O[C@@H](n2ncc3c(NCc4ccccc4Cl)nc(Cl)nc32)[C@@H]2OC(C)(C)O[C@@H]21. The molecule has 2 aromatic heterocycles.